The molecule has 0 saturated heterocycles. The molecule has 4 aromatic rings. The van der Waals surface area contributed by atoms with E-state index in [0.29, 0.717) is 24.2 Å². The average molecular weight is 557 g/mol. The van der Waals surface area contributed by atoms with Crippen LogP contribution >= 0.6 is 0 Å². The molecule has 0 unspecified atom stereocenters. The first-order valence-corrected chi connectivity index (χ1v) is 12.8. The van der Waals surface area contributed by atoms with Gasteiger partial charge in [-0.05, 0) is 48.9 Å². The van der Waals surface area contributed by atoms with Crippen molar-refractivity contribution in [3.05, 3.63) is 83.7 Å². The molecule has 6 nitrogen and oxygen atoms in total. The van der Waals surface area contributed by atoms with Crippen LogP contribution in [-0.2, 0) is 0 Å². The minimum Gasteiger partial charge on any atom is -0.484 e. The van der Waals surface area contributed by atoms with E-state index in [4.69, 9.17) is 9.15 Å². The van der Waals surface area contributed by atoms with Crippen LogP contribution < -0.4 is 15.0 Å². The number of halogens is 4. The number of nitrogens with zero attached hydrogens (tertiary/aromatic N) is 1. The fraction of sp³-hybridized carbons (Fsp3) is 0.267. The second-order valence-electron chi connectivity index (χ2n) is 9.22. The van der Waals surface area contributed by atoms with Gasteiger partial charge in [0.05, 0.1) is 11.1 Å². The molecule has 0 aliphatic heterocycles. The third kappa shape index (κ3) is 6.62. The number of hydrogen-bond donors (Lipinski definition) is 1. The average Bonchev–Trinajstić information content (AvgIpc) is 3.32. The molecule has 0 fully saturated rings. The van der Waals surface area contributed by atoms with Gasteiger partial charge in [-0.3, -0.25) is 9.59 Å². The van der Waals surface area contributed by atoms with Gasteiger partial charge in [0, 0.05) is 36.3 Å². The lowest BCUT2D eigenvalue weighted by molar-refractivity contribution is -0.153. The molecule has 40 heavy (non-hydrogen) atoms. The van der Waals surface area contributed by atoms with E-state index in [0.717, 1.165) is 12.8 Å². The summed E-state index contributed by atoms with van der Waals surface area (Å²) < 4.78 is 63.5. The van der Waals surface area contributed by atoms with Crippen molar-refractivity contribution in [3.8, 4) is 17.1 Å². The first kappa shape index (κ1) is 28.7. The number of ether oxygens (including phenoxy) is 1. The SMILES string of the molecule is CCCCCNC(=O)c1cc(OCC(F)(F)F)cc2oc(-c3ccc(F)cc3)c(C(=O)N(C)c3ccccc3)c12. The highest BCUT2D eigenvalue weighted by Crippen LogP contribution is 2.39. The van der Waals surface area contributed by atoms with Gasteiger partial charge >= 0.3 is 6.18 Å². The summed E-state index contributed by atoms with van der Waals surface area (Å²) in [5.41, 5.74) is 0.807. The highest BCUT2D eigenvalue weighted by molar-refractivity contribution is 6.22. The van der Waals surface area contributed by atoms with E-state index in [2.05, 4.69) is 5.32 Å². The van der Waals surface area contributed by atoms with Crippen LogP contribution in [0.15, 0.2) is 71.1 Å². The summed E-state index contributed by atoms with van der Waals surface area (Å²) in [6, 6.07) is 16.4. The molecule has 0 spiro atoms. The maximum absolute atomic E-state index is 14.0. The van der Waals surface area contributed by atoms with Crippen LogP contribution in [0.25, 0.3) is 22.3 Å². The maximum Gasteiger partial charge on any atom is 0.422 e. The summed E-state index contributed by atoms with van der Waals surface area (Å²) >= 11 is 0. The highest BCUT2D eigenvalue weighted by Gasteiger charge is 2.31. The van der Waals surface area contributed by atoms with Crippen molar-refractivity contribution in [2.24, 2.45) is 0 Å². The van der Waals surface area contributed by atoms with Crippen LogP contribution in [0.2, 0.25) is 0 Å². The van der Waals surface area contributed by atoms with E-state index >= 15 is 0 Å². The summed E-state index contributed by atoms with van der Waals surface area (Å²) in [4.78, 5) is 28.7. The van der Waals surface area contributed by atoms with E-state index in [1.807, 2.05) is 6.92 Å². The van der Waals surface area contributed by atoms with Crippen molar-refractivity contribution < 1.29 is 36.3 Å². The maximum atomic E-state index is 14.0. The summed E-state index contributed by atoms with van der Waals surface area (Å²) in [5.74, 6) is -1.85. The number of nitrogens with one attached hydrogen (secondary N) is 1. The van der Waals surface area contributed by atoms with Gasteiger partial charge in [0.1, 0.15) is 22.9 Å². The van der Waals surface area contributed by atoms with Crippen LogP contribution in [0.3, 0.4) is 0 Å². The molecule has 0 atom stereocenters. The number of anilines is 1. The Hall–Kier alpha value is -4.34. The van der Waals surface area contributed by atoms with Crippen LogP contribution in [0.1, 0.15) is 46.9 Å². The van der Waals surface area contributed by atoms with Gasteiger partial charge in [-0.15, -0.1) is 0 Å². The second-order valence-corrected chi connectivity index (χ2v) is 9.22. The second kappa shape index (κ2) is 12.2. The first-order chi connectivity index (χ1) is 19.1. The Bertz CT molecular complexity index is 1480. The molecular formula is C30H28F4N2O4. The largest absolute Gasteiger partial charge is 0.484 e. The Labute approximate surface area is 228 Å². The first-order valence-electron chi connectivity index (χ1n) is 12.8. The van der Waals surface area contributed by atoms with Crippen LogP contribution in [0, 0.1) is 5.82 Å². The van der Waals surface area contributed by atoms with E-state index in [-0.39, 0.29) is 33.6 Å². The number of alkyl halides is 3. The Kier molecular flexibility index (Phi) is 8.77. The van der Waals surface area contributed by atoms with Crippen molar-refractivity contribution in [1.82, 2.24) is 5.32 Å². The number of furan rings is 1. The van der Waals surface area contributed by atoms with Gasteiger partial charge in [0.2, 0.25) is 0 Å². The number of rotatable bonds is 10. The molecule has 210 valence electrons. The predicted octanol–water partition coefficient (Wildman–Crippen LogP) is 7.38. The molecule has 0 bridgehead atoms. The standard InChI is InChI=1S/C30H28F4N2O4/c1-3-4-8-15-35-28(37)23-16-22(39-18-30(32,33)34)17-24-25(23)26(27(40-24)19-11-13-20(31)14-12-19)29(38)36(2)21-9-6-5-7-10-21/h5-7,9-14,16-17H,3-4,8,15,18H2,1-2H3,(H,35,37). The zero-order valence-electron chi connectivity index (χ0n) is 22.0. The van der Waals surface area contributed by atoms with Gasteiger partial charge in [0.15, 0.2) is 6.61 Å². The number of para-hydroxylation sites is 1. The lowest BCUT2D eigenvalue weighted by Crippen LogP contribution is -2.28. The van der Waals surface area contributed by atoms with Gasteiger partial charge in [-0.1, -0.05) is 38.0 Å². The zero-order valence-corrected chi connectivity index (χ0v) is 22.0. The van der Waals surface area contributed by atoms with Gasteiger partial charge in [0.25, 0.3) is 11.8 Å². The summed E-state index contributed by atoms with van der Waals surface area (Å²) in [6.45, 7) is 0.762. The zero-order chi connectivity index (χ0) is 28.9. The predicted molar refractivity (Wildman–Crippen MR) is 144 cm³/mol. The molecule has 0 aliphatic carbocycles. The van der Waals surface area contributed by atoms with Crippen molar-refractivity contribution in [2.45, 2.75) is 32.4 Å². The fourth-order valence-corrected chi connectivity index (χ4v) is 4.25. The minimum atomic E-state index is -4.61. The number of carbonyl (C=O) groups is 2. The van der Waals surface area contributed by atoms with E-state index < -0.39 is 30.4 Å². The van der Waals surface area contributed by atoms with Crippen LogP contribution in [0.4, 0.5) is 23.2 Å². The van der Waals surface area contributed by atoms with E-state index in [9.17, 15) is 27.2 Å². The summed E-state index contributed by atoms with van der Waals surface area (Å²) in [5, 5.41) is 2.89. The Morgan fingerprint density at radius 3 is 2.35 bits per heavy atom. The molecule has 1 heterocycles. The Morgan fingerprint density at radius 1 is 1.00 bits per heavy atom. The Morgan fingerprint density at radius 2 is 1.70 bits per heavy atom. The van der Waals surface area contributed by atoms with Crippen molar-refractivity contribution in [3.63, 3.8) is 0 Å². The van der Waals surface area contributed by atoms with Gasteiger partial charge in [-0.25, -0.2) is 4.39 Å². The molecule has 3 aromatic carbocycles. The minimum absolute atomic E-state index is 0.00837. The molecule has 2 amide bonds. The van der Waals surface area contributed by atoms with Gasteiger partial charge < -0.3 is 19.4 Å². The number of unbranched alkanes of at least 4 members (excludes halogenated alkanes) is 2. The van der Waals surface area contributed by atoms with Crippen LogP contribution in [-0.4, -0.2) is 38.2 Å². The van der Waals surface area contributed by atoms with Crippen molar-refractivity contribution in [1.29, 1.82) is 0 Å². The number of carbonyl (C=O) groups excluding carboxylic acids is 2. The molecular weight excluding hydrogens is 528 g/mol. The van der Waals surface area contributed by atoms with Crippen LogP contribution in [0.5, 0.6) is 5.75 Å². The fourth-order valence-electron chi connectivity index (χ4n) is 4.25. The molecule has 1 N–H and O–H groups in total. The number of hydrogen-bond acceptors (Lipinski definition) is 4. The quantitative estimate of drug-likeness (QED) is 0.163. The number of amides is 2. The van der Waals surface area contributed by atoms with Gasteiger partial charge in [-0.2, -0.15) is 13.2 Å². The third-order valence-electron chi connectivity index (χ3n) is 6.25. The smallest absolute Gasteiger partial charge is 0.422 e. The lowest BCUT2D eigenvalue weighted by Gasteiger charge is -2.18. The van der Waals surface area contributed by atoms with E-state index in [1.54, 1.807) is 37.4 Å². The number of benzene rings is 3. The molecule has 10 heteroatoms. The molecule has 0 radical (unpaired) electrons. The number of fused-ring (bicyclic) bond motifs is 1. The topological polar surface area (TPSA) is 71.8 Å². The summed E-state index contributed by atoms with van der Waals surface area (Å²) in [7, 11) is 1.55. The monoisotopic (exact) mass is 556 g/mol. The third-order valence-corrected chi connectivity index (χ3v) is 6.25. The molecule has 4 rings (SSSR count). The molecule has 0 saturated carbocycles. The normalized spacial score (nSPS) is 11.4. The van der Waals surface area contributed by atoms with E-state index in [1.165, 1.54) is 41.3 Å². The van der Waals surface area contributed by atoms with Crippen molar-refractivity contribution >= 4 is 28.5 Å². The van der Waals surface area contributed by atoms with Crippen molar-refractivity contribution in [2.75, 3.05) is 25.1 Å². The summed E-state index contributed by atoms with van der Waals surface area (Å²) in [6.07, 6.45) is -2.12. The molecule has 0 aliphatic rings. The Balaban J connectivity index is 1.92. The lowest BCUT2D eigenvalue weighted by atomic mass is 9.99. The highest BCUT2D eigenvalue weighted by atomic mass is 19.4. The molecule has 1 aromatic heterocycles.